The van der Waals surface area contributed by atoms with Crippen LogP contribution in [0, 0.1) is 39.5 Å². The molecule has 7 nitrogen and oxygen atoms in total. The lowest BCUT2D eigenvalue weighted by Gasteiger charge is -2.17. The van der Waals surface area contributed by atoms with Crippen molar-refractivity contribution in [1.29, 1.82) is 0 Å². The molecular weight excluding hydrogens is 328 g/mol. The first-order chi connectivity index (χ1) is 12.4. The SMILES string of the molecule is Cc1cc(C)nc(-n2nc(C)c(CC(=O)N3C[C@H]4CNC[C@H]4C3)c2C)n1. The predicted molar refractivity (Wildman–Crippen MR) is 98.2 cm³/mol. The fourth-order valence-electron chi connectivity index (χ4n) is 4.25. The van der Waals surface area contributed by atoms with Crippen molar-refractivity contribution in [1.82, 2.24) is 30.0 Å². The van der Waals surface area contributed by atoms with Crippen LogP contribution in [0.4, 0.5) is 0 Å². The highest BCUT2D eigenvalue weighted by Gasteiger charge is 2.38. The van der Waals surface area contributed by atoms with E-state index in [1.54, 1.807) is 4.68 Å². The molecule has 138 valence electrons. The Balaban J connectivity index is 1.56. The van der Waals surface area contributed by atoms with Gasteiger partial charge in [0.05, 0.1) is 12.1 Å². The van der Waals surface area contributed by atoms with Gasteiger partial charge in [-0.1, -0.05) is 0 Å². The summed E-state index contributed by atoms with van der Waals surface area (Å²) in [6.45, 7) is 11.7. The Hall–Kier alpha value is -2.28. The van der Waals surface area contributed by atoms with Crippen LogP contribution >= 0.6 is 0 Å². The largest absolute Gasteiger partial charge is 0.342 e. The van der Waals surface area contributed by atoms with Crippen molar-refractivity contribution in [3.63, 3.8) is 0 Å². The molecule has 7 heteroatoms. The molecule has 2 fully saturated rings. The van der Waals surface area contributed by atoms with Crippen LogP contribution in [-0.4, -0.2) is 56.7 Å². The van der Waals surface area contributed by atoms with Crippen molar-refractivity contribution >= 4 is 5.91 Å². The van der Waals surface area contributed by atoms with Gasteiger partial charge < -0.3 is 10.2 Å². The fourth-order valence-corrected chi connectivity index (χ4v) is 4.25. The van der Waals surface area contributed by atoms with Gasteiger partial charge in [-0.15, -0.1) is 0 Å². The molecule has 1 N–H and O–H groups in total. The van der Waals surface area contributed by atoms with Gasteiger partial charge in [-0.05, 0) is 45.6 Å². The van der Waals surface area contributed by atoms with E-state index in [1.807, 2.05) is 38.7 Å². The minimum absolute atomic E-state index is 0.200. The molecule has 2 aromatic heterocycles. The van der Waals surface area contributed by atoms with Crippen LogP contribution in [0.1, 0.15) is 28.3 Å². The van der Waals surface area contributed by atoms with E-state index < -0.39 is 0 Å². The lowest BCUT2D eigenvalue weighted by atomic mass is 10.0. The monoisotopic (exact) mass is 354 g/mol. The quantitative estimate of drug-likeness (QED) is 0.894. The molecule has 4 rings (SSSR count). The average molecular weight is 354 g/mol. The standard InChI is InChI=1S/C19H26N6O/c1-11-5-12(2)22-19(21-11)25-14(4)17(13(3)23-25)6-18(26)24-9-15-7-20-8-16(15)10-24/h5,15-16,20H,6-10H2,1-4H3/t15-,16+. The second-order valence-electron chi connectivity index (χ2n) is 7.67. The van der Waals surface area contributed by atoms with E-state index in [2.05, 4.69) is 20.4 Å². The van der Waals surface area contributed by atoms with Gasteiger partial charge in [0.15, 0.2) is 0 Å². The summed E-state index contributed by atoms with van der Waals surface area (Å²) in [6.07, 6.45) is 0.398. The maximum atomic E-state index is 12.8. The van der Waals surface area contributed by atoms with E-state index in [1.165, 1.54) is 0 Å². The summed E-state index contributed by atoms with van der Waals surface area (Å²) in [7, 11) is 0. The minimum Gasteiger partial charge on any atom is -0.342 e. The molecule has 26 heavy (non-hydrogen) atoms. The molecule has 2 aromatic rings. The molecule has 0 bridgehead atoms. The van der Waals surface area contributed by atoms with Crippen molar-refractivity contribution in [3.05, 3.63) is 34.4 Å². The number of fused-ring (bicyclic) bond motifs is 1. The highest BCUT2D eigenvalue weighted by Crippen LogP contribution is 2.27. The van der Waals surface area contributed by atoms with Crippen LogP contribution in [0.25, 0.3) is 5.95 Å². The van der Waals surface area contributed by atoms with Crippen LogP contribution < -0.4 is 5.32 Å². The smallest absolute Gasteiger partial charge is 0.251 e. The maximum Gasteiger partial charge on any atom is 0.251 e. The number of hydrogen-bond acceptors (Lipinski definition) is 5. The number of nitrogens with zero attached hydrogens (tertiary/aromatic N) is 5. The number of nitrogens with one attached hydrogen (secondary N) is 1. The van der Waals surface area contributed by atoms with Gasteiger partial charge in [0.1, 0.15) is 0 Å². The first kappa shape index (κ1) is 17.1. The van der Waals surface area contributed by atoms with Crippen LogP contribution in [0.5, 0.6) is 0 Å². The lowest BCUT2D eigenvalue weighted by molar-refractivity contribution is -0.129. The zero-order chi connectivity index (χ0) is 18.4. The Morgan fingerprint density at radius 2 is 1.73 bits per heavy atom. The molecule has 0 aromatic carbocycles. The number of likely N-dealkylation sites (tertiary alicyclic amines) is 1. The molecule has 2 aliphatic rings. The molecule has 2 atom stereocenters. The van der Waals surface area contributed by atoms with Crippen molar-refractivity contribution in [3.8, 4) is 5.95 Å². The predicted octanol–water partition coefficient (Wildman–Crippen LogP) is 1.12. The minimum atomic E-state index is 0.200. The first-order valence-corrected chi connectivity index (χ1v) is 9.28. The molecule has 0 saturated carbocycles. The summed E-state index contributed by atoms with van der Waals surface area (Å²) in [6, 6.07) is 1.94. The third-order valence-corrected chi connectivity index (χ3v) is 5.67. The normalized spacial score (nSPS) is 22.1. The van der Waals surface area contributed by atoms with Gasteiger partial charge in [0.25, 0.3) is 5.95 Å². The van der Waals surface area contributed by atoms with Crippen LogP contribution in [0.2, 0.25) is 0 Å². The van der Waals surface area contributed by atoms with E-state index in [-0.39, 0.29) is 5.91 Å². The maximum absolute atomic E-state index is 12.8. The molecule has 0 radical (unpaired) electrons. The van der Waals surface area contributed by atoms with Gasteiger partial charge in [-0.2, -0.15) is 5.10 Å². The summed E-state index contributed by atoms with van der Waals surface area (Å²) < 4.78 is 1.76. The molecule has 0 unspecified atom stereocenters. The number of amides is 1. The number of rotatable bonds is 3. The lowest BCUT2D eigenvalue weighted by Crippen LogP contribution is -2.33. The Morgan fingerprint density at radius 3 is 2.35 bits per heavy atom. The van der Waals surface area contributed by atoms with Crippen molar-refractivity contribution in [2.45, 2.75) is 34.1 Å². The summed E-state index contributed by atoms with van der Waals surface area (Å²) in [5.41, 5.74) is 4.64. The number of aryl methyl sites for hydroxylation is 3. The van der Waals surface area contributed by atoms with Gasteiger partial charge in [-0.3, -0.25) is 4.79 Å². The third kappa shape index (κ3) is 3.00. The Bertz CT molecular complexity index is 826. The molecule has 2 saturated heterocycles. The number of carbonyl (C=O) groups is 1. The summed E-state index contributed by atoms with van der Waals surface area (Å²) in [5, 5.41) is 8.03. The van der Waals surface area contributed by atoms with Crippen molar-refractivity contribution in [2.24, 2.45) is 11.8 Å². The number of hydrogen-bond donors (Lipinski definition) is 1. The van der Waals surface area contributed by atoms with E-state index in [0.717, 1.165) is 54.5 Å². The zero-order valence-corrected chi connectivity index (χ0v) is 15.9. The highest BCUT2D eigenvalue weighted by molar-refractivity contribution is 5.79. The highest BCUT2D eigenvalue weighted by atomic mass is 16.2. The van der Waals surface area contributed by atoms with Crippen molar-refractivity contribution in [2.75, 3.05) is 26.2 Å². The summed E-state index contributed by atoms with van der Waals surface area (Å²) in [5.74, 6) is 2.01. The molecule has 0 aliphatic carbocycles. The van der Waals surface area contributed by atoms with Crippen LogP contribution in [0.3, 0.4) is 0 Å². The van der Waals surface area contributed by atoms with Gasteiger partial charge in [0.2, 0.25) is 5.91 Å². The fraction of sp³-hybridized carbons (Fsp3) is 0.579. The Kier molecular flexibility index (Phi) is 4.26. The topological polar surface area (TPSA) is 75.9 Å². The van der Waals surface area contributed by atoms with E-state index in [4.69, 9.17) is 0 Å². The van der Waals surface area contributed by atoms with E-state index >= 15 is 0 Å². The molecule has 4 heterocycles. The second-order valence-corrected chi connectivity index (χ2v) is 7.67. The number of aromatic nitrogens is 4. The Labute approximate surface area is 153 Å². The second kappa shape index (κ2) is 6.46. The van der Waals surface area contributed by atoms with E-state index in [0.29, 0.717) is 24.2 Å². The van der Waals surface area contributed by atoms with Gasteiger partial charge >= 0.3 is 0 Å². The van der Waals surface area contributed by atoms with Crippen LogP contribution in [-0.2, 0) is 11.2 Å². The third-order valence-electron chi connectivity index (χ3n) is 5.67. The molecular formula is C19H26N6O. The average Bonchev–Trinajstić information content (AvgIpc) is 3.23. The zero-order valence-electron chi connectivity index (χ0n) is 15.9. The Morgan fingerprint density at radius 1 is 1.12 bits per heavy atom. The van der Waals surface area contributed by atoms with Gasteiger partial charge in [0, 0.05) is 48.8 Å². The summed E-state index contributed by atoms with van der Waals surface area (Å²) in [4.78, 5) is 23.9. The molecule has 0 spiro atoms. The van der Waals surface area contributed by atoms with Crippen molar-refractivity contribution < 1.29 is 4.79 Å². The van der Waals surface area contributed by atoms with Crippen LogP contribution in [0.15, 0.2) is 6.07 Å². The van der Waals surface area contributed by atoms with Gasteiger partial charge in [-0.25, -0.2) is 14.6 Å². The number of carbonyl (C=O) groups excluding carboxylic acids is 1. The van der Waals surface area contributed by atoms with E-state index in [9.17, 15) is 4.79 Å². The summed E-state index contributed by atoms with van der Waals surface area (Å²) >= 11 is 0. The molecule has 1 amide bonds. The first-order valence-electron chi connectivity index (χ1n) is 9.28. The molecule has 2 aliphatic heterocycles.